The molecule has 0 saturated carbocycles. The molecule has 0 aromatic carbocycles. The van der Waals surface area contributed by atoms with E-state index in [-0.39, 0.29) is 11.0 Å². The molecule has 0 fully saturated rings. The SMILES string of the molecule is COC(=O)c1c(NC(=S)Nc2cnn(C)c2C)sc(C(=O)N(C)C)c1C. The normalized spacial score (nSPS) is 10.4. The number of anilines is 2. The van der Waals surface area contributed by atoms with E-state index in [0.717, 1.165) is 22.7 Å². The van der Waals surface area contributed by atoms with E-state index in [1.165, 1.54) is 12.0 Å². The summed E-state index contributed by atoms with van der Waals surface area (Å²) in [6.45, 7) is 3.62. The van der Waals surface area contributed by atoms with Crippen LogP contribution < -0.4 is 10.6 Å². The van der Waals surface area contributed by atoms with Crippen molar-refractivity contribution < 1.29 is 14.3 Å². The fraction of sp³-hybridized carbons (Fsp3) is 0.375. The summed E-state index contributed by atoms with van der Waals surface area (Å²) in [6, 6.07) is 0. The van der Waals surface area contributed by atoms with Gasteiger partial charge in [0.2, 0.25) is 0 Å². The lowest BCUT2D eigenvalue weighted by Crippen LogP contribution is -2.21. The predicted octanol–water partition coefficient (Wildman–Crippen LogP) is 2.40. The van der Waals surface area contributed by atoms with Gasteiger partial charge in [-0.15, -0.1) is 11.3 Å². The number of nitrogens with zero attached hydrogens (tertiary/aromatic N) is 3. The minimum Gasteiger partial charge on any atom is -0.465 e. The largest absolute Gasteiger partial charge is 0.465 e. The highest BCUT2D eigenvalue weighted by Gasteiger charge is 2.26. The zero-order valence-electron chi connectivity index (χ0n) is 15.5. The standard InChI is InChI=1S/C16H21N5O3S2/c1-8-11(15(23)24-6)13(26-12(8)14(22)20(3)4)19-16(25)18-10-7-17-21(5)9(10)2/h7H,1-6H3,(H2,18,19,25). The molecular formula is C16H21N5O3S2. The van der Waals surface area contributed by atoms with Gasteiger partial charge in [-0.05, 0) is 31.6 Å². The number of hydrogen-bond donors (Lipinski definition) is 2. The Balaban J connectivity index is 2.33. The first-order valence-electron chi connectivity index (χ1n) is 7.67. The first-order chi connectivity index (χ1) is 12.2. The van der Waals surface area contributed by atoms with Crippen molar-refractivity contribution in [3.63, 3.8) is 0 Å². The molecule has 0 aliphatic heterocycles. The number of aryl methyl sites for hydroxylation is 1. The number of hydrogen-bond acceptors (Lipinski definition) is 6. The van der Waals surface area contributed by atoms with Crippen LogP contribution in [0.25, 0.3) is 0 Å². The molecule has 1 amide bonds. The average molecular weight is 396 g/mol. The smallest absolute Gasteiger partial charge is 0.341 e. The van der Waals surface area contributed by atoms with Crippen LogP contribution in [0.15, 0.2) is 6.20 Å². The number of aromatic nitrogens is 2. The molecule has 8 nitrogen and oxygen atoms in total. The molecule has 0 aliphatic carbocycles. The van der Waals surface area contributed by atoms with Crippen molar-refractivity contribution in [2.45, 2.75) is 13.8 Å². The number of ether oxygens (including phenoxy) is 1. The minimum absolute atomic E-state index is 0.187. The number of methoxy groups -OCH3 is 1. The Hall–Kier alpha value is -2.46. The molecule has 0 bridgehead atoms. The Bertz CT molecular complexity index is 870. The summed E-state index contributed by atoms with van der Waals surface area (Å²) in [6.07, 6.45) is 1.66. The Kier molecular flexibility index (Phi) is 5.98. The van der Waals surface area contributed by atoms with Crippen LogP contribution in [0.1, 0.15) is 31.3 Å². The van der Waals surface area contributed by atoms with Crippen LogP contribution >= 0.6 is 23.6 Å². The highest BCUT2D eigenvalue weighted by Crippen LogP contribution is 2.34. The maximum atomic E-state index is 12.4. The van der Waals surface area contributed by atoms with E-state index in [9.17, 15) is 9.59 Å². The van der Waals surface area contributed by atoms with Crippen LogP contribution in [0, 0.1) is 13.8 Å². The Morgan fingerprint density at radius 2 is 1.96 bits per heavy atom. The molecule has 0 atom stereocenters. The van der Waals surface area contributed by atoms with Gasteiger partial charge in [-0.25, -0.2) is 4.79 Å². The Labute approximate surface area is 161 Å². The lowest BCUT2D eigenvalue weighted by molar-refractivity contribution is 0.0601. The van der Waals surface area contributed by atoms with Crippen LogP contribution in [-0.4, -0.2) is 52.9 Å². The molecule has 0 spiro atoms. The van der Waals surface area contributed by atoms with Crippen LogP contribution in [0.5, 0.6) is 0 Å². The summed E-state index contributed by atoms with van der Waals surface area (Å²) in [5.74, 6) is -0.716. The lowest BCUT2D eigenvalue weighted by Gasteiger charge is -2.10. The zero-order valence-corrected chi connectivity index (χ0v) is 17.1. The fourth-order valence-corrected chi connectivity index (χ4v) is 3.73. The molecule has 0 aliphatic rings. The second kappa shape index (κ2) is 7.83. The van der Waals surface area contributed by atoms with Crippen LogP contribution in [0.4, 0.5) is 10.7 Å². The zero-order chi connectivity index (χ0) is 19.6. The van der Waals surface area contributed by atoms with Crippen LogP contribution in [0.3, 0.4) is 0 Å². The third-order valence-electron chi connectivity index (χ3n) is 3.85. The molecular weight excluding hydrogens is 374 g/mol. The van der Waals surface area contributed by atoms with Gasteiger partial charge in [-0.3, -0.25) is 9.48 Å². The lowest BCUT2D eigenvalue weighted by atomic mass is 10.1. The maximum Gasteiger partial charge on any atom is 0.341 e. The molecule has 2 heterocycles. The third-order valence-corrected chi connectivity index (χ3v) is 5.25. The summed E-state index contributed by atoms with van der Waals surface area (Å²) in [7, 11) is 6.44. The number of amides is 1. The number of rotatable bonds is 4. The average Bonchev–Trinajstić information content (AvgIpc) is 3.07. The molecule has 0 unspecified atom stereocenters. The van der Waals surface area contributed by atoms with Crippen molar-refractivity contribution in [3.8, 4) is 0 Å². The molecule has 2 rings (SSSR count). The van der Waals surface area contributed by atoms with Crippen molar-refractivity contribution in [1.82, 2.24) is 14.7 Å². The highest BCUT2D eigenvalue weighted by atomic mass is 32.1. The monoisotopic (exact) mass is 395 g/mol. The number of carbonyl (C=O) groups excluding carboxylic acids is 2. The maximum absolute atomic E-state index is 12.4. The van der Waals surface area contributed by atoms with Gasteiger partial charge < -0.3 is 20.3 Å². The summed E-state index contributed by atoms with van der Waals surface area (Å²) in [5.41, 5.74) is 2.52. The molecule has 2 N–H and O–H groups in total. The quantitative estimate of drug-likeness (QED) is 0.607. The molecule has 2 aromatic heterocycles. The molecule has 10 heteroatoms. The summed E-state index contributed by atoms with van der Waals surface area (Å²) >= 11 is 6.50. The van der Waals surface area contributed by atoms with Crippen molar-refractivity contribution in [3.05, 3.63) is 27.9 Å². The Morgan fingerprint density at radius 3 is 2.46 bits per heavy atom. The van der Waals surface area contributed by atoms with E-state index in [4.69, 9.17) is 17.0 Å². The van der Waals surface area contributed by atoms with Crippen LogP contribution in [0.2, 0.25) is 0 Å². The van der Waals surface area contributed by atoms with Gasteiger partial charge in [-0.1, -0.05) is 0 Å². The molecule has 26 heavy (non-hydrogen) atoms. The summed E-state index contributed by atoms with van der Waals surface area (Å²) < 4.78 is 6.58. The van der Waals surface area contributed by atoms with E-state index in [2.05, 4.69) is 15.7 Å². The van der Waals surface area contributed by atoms with Gasteiger partial charge in [0.15, 0.2) is 5.11 Å². The number of nitrogens with one attached hydrogen (secondary N) is 2. The van der Waals surface area contributed by atoms with E-state index in [1.54, 1.807) is 31.9 Å². The fourth-order valence-electron chi connectivity index (χ4n) is 2.23. The van der Waals surface area contributed by atoms with Gasteiger partial charge in [0.05, 0.1) is 35.1 Å². The van der Waals surface area contributed by atoms with Gasteiger partial charge in [0.25, 0.3) is 5.91 Å². The predicted molar refractivity (Wildman–Crippen MR) is 106 cm³/mol. The first-order valence-corrected chi connectivity index (χ1v) is 8.89. The topological polar surface area (TPSA) is 88.5 Å². The van der Waals surface area contributed by atoms with Crippen molar-refractivity contribution in [2.75, 3.05) is 31.8 Å². The van der Waals surface area contributed by atoms with Crippen molar-refractivity contribution in [2.24, 2.45) is 7.05 Å². The van der Waals surface area contributed by atoms with Crippen molar-refractivity contribution in [1.29, 1.82) is 0 Å². The van der Waals surface area contributed by atoms with E-state index < -0.39 is 5.97 Å². The number of thiocarbonyl (C=S) groups is 1. The molecule has 2 aromatic rings. The van der Waals surface area contributed by atoms with Gasteiger partial charge in [0, 0.05) is 21.1 Å². The Morgan fingerprint density at radius 1 is 1.31 bits per heavy atom. The van der Waals surface area contributed by atoms with Crippen molar-refractivity contribution >= 4 is 51.2 Å². The van der Waals surface area contributed by atoms with Gasteiger partial charge in [-0.2, -0.15) is 5.10 Å². The summed E-state index contributed by atoms with van der Waals surface area (Å²) in [5, 5.41) is 10.9. The number of thiophene rings is 1. The second-order valence-electron chi connectivity index (χ2n) is 5.80. The number of esters is 1. The third kappa shape index (κ3) is 3.86. The first kappa shape index (κ1) is 19.9. The second-order valence-corrected chi connectivity index (χ2v) is 7.23. The molecule has 140 valence electrons. The minimum atomic E-state index is -0.528. The molecule has 0 radical (unpaired) electrons. The van der Waals surface area contributed by atoms with E-state index in [1.807, 2.05) is 14.0 Å². The molecule has 0 saturated heterocycles. The van der Waals surface area contributed by atoms with Crippen LogP contribution in [-0.2, 0) is 11.8 Å². The highest BCUT2D eigenvalue weighted by molar-refractivity contribution is 7.80. The van der Waals surface area contributed by atoms with Gasteiger partial charge >= 0.3 is 5.97 Å². The van der Waals surface area contributed by atoms with E-state index >= 15 is 0 Å². The summed E-state index contributed by atoms with van der Waals surface area (Å²) in [4.78, 5) is 26.5. The van der Waals surface area contributed by atoms with Gasteiger partial charge in [0.1, 0.15) is 5.00 Å². The number of carbonyl (C=O) groups is 2. The van der Waals surface area contributed by atoms with E-state index in [0.29, 0.717) is 21.0 Å².